The molecule has 1 heterocycles. The first kappa shape index (κ1) is 17.5. The van der Waals surface area contributed by atoms with Gasteiger partial charge in [-0.1, -0.05) is 45.7 Å². The zero-order valence-electron chi connectivity index (χ0n) is 13.3. The van der Waals surface area contributed by atoms with Crippen molar-refractivity contribution in [1.29, 1.82) is 0 Å². The van der Waals surface area contributed by atoms with Crippen molar-refractivity contribution in [1.82, 2.24) is 4.90 Å². The lowest BCUT2D eigenvalue weighted by molar-refractivity contribution is -0.121. The number of anilines is 1. The molecule has 1 saturated heterocycles. The Labute approximate surface area is 156 Å². The Balaban J connectivity index is 1.59. The molecule has 1 amide bonds. The summed E-state index contributed by atoms with van der Waals surface area (Å²) in [6.07, 6.45) is 1.96. The third kappa shape index (κ3) is 4.59. The highest BCUT2D eigenvalue weighted by Crippen LogP contribution is 2.23. The summed E-state index contributed by atoms with van der Waals surface area (Å²) in [4.78, 5) is 14.9. The third-order valence-electron chi connectivity index (χ3n) is 4.34. The van der Waals surface area contributed by atoms with Crippen LogP contribution in [0.25, 0.3) is 0 Å². The zero-order valence-corrected chi connectivity index (χ0v) is 15.7. The minimum Gasteiger partial charge on any atom is -0.326 e. The lowest BCUT2D eigenvalue weighted by Crippen LogP contribution is -2.40. The van der Waals surface area contributed by atoms with Gasteiger partial charge in [0.25, 0.3) is 0 Å². The van der Waals surface area contributed by atoms with Gasteiger partial charge in [-0.15, -0.1) is 0 Å². The van der Waals surface area contributed by atoms with Crippen molar-refractivity contribution in [3.63, 3.8) is 0 Å². The lowest BCUT2D eigenvalue weighted by atomic mass is 9.96. The predicted octanol–water partition coefficient (Wildman–Crippen LogP) is 4.95. The van der Waals surface area contributed by atoms with E-state index in [9.17, 15) is 4.79 Å². The van der Waals surface area contributed by atoms with Crippen LogP contribution in [0, 0.1) is 5.92 Å². The molecule has 3 nitrogen and oxygen atoms in total. The quantitative estimate of drug-likeness (QED) is 0.777. The van der Waals surface area contributed by atoms with E-state index in [0.29, 0.717) is 0 Å². The second kappa shape index (κ2) is 8.15. The molecule has 0 bridgehead atoms. The molecule has 0 aliphatic carbocycles. The van der Waals surface area contributed by atoms with Crippen LogP contribution in [0.4, 0.5) is 5.69 Å². The summed E-state index contributed by atoms with van der Waals surface area (Å²) in [5, 5.41) is 3.81. The number of rotatable bonds is 4. The highest BCUT2D eigenvalue weighted by atomic mass is 79.9. The standard InChI is InChI=1S/C19H20BrClN2O/c20-16-7-9-17(10-8-16)22-19(24)15-5-3-11-23(13-15)12-14-4-1-2-6-18(14)21/h1-2,4,6-10,15H,3,5,11-13H2,(H,22,24)/t15-/m0/s1. The molecule has 3 rings (SSSR count). The van der Waals surface area contributed by atoms with E-state index in [4.69, 9.17) is 11.6 Å². The van der Waals surface area contributed by atoms with Gasteiger partial charge < -0.3 is 5.32 Å². The topological polar surface area (TPSA) is 32.3 Å². The molecule has 0 unspecified atom stereocenters. The van der Waals surface area contributed by atoms with Crippen LogP contribution in [0.5, 0.6) is 0 Å². The molecule has 1 atom stereocenters. The molecule has 0 radical (unpaired) electrons. The zero-order chi connectivity index (χ0) is 16.9. The largest absolute Gasteiger partial charge is 0.326 e. The average molecular weight is 408 g/mol. The van der Waals surface area contributed by atoms with Crippen molar-refractivity contribution in [2.24, 2.45) is 5.92 Å². The number of piperidine rings is 1. The smallest absolute Gasteiger partial charge is 0.228 e. The number of benzene rings is 2. The Kier molecular flexibility index (Phi) is 5.93. The predicted molar refractivity (Wildman–Crippen MR) is 102 cm³/mol. The Bertz CT molecular complexity index is 705. The molecule has 1 aliphatic heterocycles. The molecule has 1 N–H and O–H groups in total. The number of hydrogen-bond donors (Lipinski definition) is 1. The fourth-order valence-electron chi connectivity index (χ4n) is 3.06. The summed E-state index contributed by atoms with van der Waals surface area (Å²) in [5.74, 6) is 0.117. The van der Waals surface area contributed by atoms with Crippen LogP contribution in [-0.2, 0) is 11.3 Å². The second-order valence-corrected chi connectivity index (χ2v) is 7.48. The molecule has 1 aliphatic rings. The summed E-state index contributed by atoms with van der Waals surface area (Å²) < 4.78 is 1.00. The molecule has 2 aromatic carbocycles. The molecule has 0 aromatic heterocycles. The van der Waals surface area contributed by atoms with Gasteiger partial charge in [0, 0.05) is 28.3 Å². The SMILES string of the molecule is O=C(Nc1ccc(Br)cc1)[C@H]1CCCN(Cc2ccccc2Cl)C1. The van der Waals surface area contributed by atoms with Crippen LogP contribution in [0.15, 0.2) is 53.0 Å². The molecular formula is C19H20BrClN2O. The normalized spacial score (nSPS) is 18.3. The monoisotopic (exact) mass is 406 g/mol. The average Bonchev–Trinajstić information content (AvgIpc) is 2.59. The summed E-state index contributed by atoms with van der Waals surface area (Å²) >= 11 is 9.66. The van der Waals surface area contributed by atoms with Crippen molar-refractivity contribution in [3.8, 4) is 0 Å². The van der Waals surface area contributed by atoms with Crippen LogP contribution in [0.1, 0.15) is 18.4 Å². The minimum absolute atomic E-state index is 0.0184. The van der Waals surface area contributed by atoms with Gasteiger partial charge in [0.2, 0.25) is 5.91 Å². The van der Waals surface area contributed by atoms with Crippen molar-refractivity contribution >= 4 is 39.1 Å². The summed E-state index contributed by atoms with van der Waals surface area (Å²) in [6, 6.07) is 15.6. The Morgan fingerprint density at radius 3 is 2.71 bits per heavy atom. The van der Waals surface area contributed by atoms with E-state index in [1.165, 1.54) is 0 Å². The number of nitrogens with one attached hydrogen (secondary N) is 1. The lowest BCUT2D eigenvalue weighted by Gasteiger charge is -2.32. The maximum atomic E-state index is 12.5. The molecule has 5 heteroatoms. The minimum atomic E-state index is 0.0184. The first-order chi connectivity index (χ1) is 11.6. The second-order valence-electron chi connectivity index (χ2n) is 6.16. The van der Waals surface area contributed by atoms with E-state index in [1.54, 1.807) is 0 Å². The van der Waals surface area contributed by atoms with E-state index in [2.05, 4.69) is 26.1 Å². The van der Waals surface area contributed by atoms with Gasteiger partial charge in [0.15, 0.2) is 0 Å². The van der Waals surface area contributed by atoms with E-state index in [1.807, 2.05) is 48.5 Å². The van der Waals surface area contributed by atoms with Gasteiger partial charge in [0.1, 0.15) is 0 Å². The number of carbonyl (C=O) groups excluding carboxylic acids is 1. The fraction of sp³-hybridized carbons (Fsp3) is 0.316. The van der Waals surface area contributed by atoms with Crippen LogP contribution in [0.3, 0.4) is 0 Å². The highest BCUT2D eigenvalue weighted by Gasteiger charge is 2.26. The van der Waals surface area contributed by atoms with E-state index in [0.717, 1.165) is 53.2 Å². The van der Waals surface area contributed by atoms with E-state index < -0.39 is 0 Å². The van der Waals surface area contributed by atoms with Gasteiger partial charge in [-0.05, 0) is 55.3 Å². The Morgan fingerprint density at radius 2 is 1.96 bits per heavy atom. The molecule has 24 heavy (non-hydrogen) atoms. The maximum Gasteiger partial charge on any atom is 0.228 e. The van der Waals surface area contributed by atoms with E-state index in [-0.39, 0.29) is 11.8 Å². The van der Waals surface area contributed by atoms with E-state index >= 15 is 0 Å². The Hall–Kier alpha value is -1.36. The Morgan fingerprint density at radius 1 is 1.21 bits per heavy atom. The molecule has 0 spiro atoms. The summed E-state index contributed by atoms with van der Waals surface area (Å²) in [7, 11) is 0. The number of amides is 1. The van der Waals surface area contributed by atoms with Crippen molar-refractivity contribution in [2.45, 2.75) is 19.4 Å². The van der Waals surface area contributed by atoms with Gasteiger partial charge in [-0.3, -0.25) is 9.69 Å². The molecular weight excluding hydrogens is 388 g/mol. The number of hydrogen-bond acceptors (Lipinski definition) is 2. The first-order valence-electron chi connectivity index (χ1n) is 8.14. The van der Waals surface area contributed by atoms with Gasteiger partial charge >= 0.3 is 0 Å². The molecule has 0 saturated carbocycles. The molecule has 2 aromatic rings. The summed E-state index contributed by atoms with van der Waals surface area (Å²) in [6.45, 7) is 2.57. The summed E-state index contributed by atoms with van der Waals surface area (Å²) in [5.41, 5.74) is 1.96. The van der Waals surface area contributed by atoms with Crippen molar-refractivity contribution in [3.05, 3.63) is 63.6 Å². The number of nitrogens with zero attached hydrogens (tertiary/aromatic N) is 1. The first-order valence-corrected chi connectivity index (χ1v) is 9.31. The van der Waals surface area contributed by atoms with Crippen LogP contribution in [-0.4, -0.2) is 23.9 Å². The van der Waals surface area contributed by atoms with Gasteiger partial charge in [-0.25, -0.2) is 0 Å². The van der Waals surface area contributed by atoms with Crippen LogP contribution < -0.4 is 5.32 Å². The third-order valence-corrected chi connectivity index (χ3v) is 5.24. The number of likely N-dealkylation sites (tertiary alicyclic amines) is 1. The van der Waals surface area contributed by atoms with Crippen molar-refractivity contribution in [2.75, 3.05) is 18.4 Å². The molecule has 126 valence electrons. The van der Waals surface area contributed by atoms with Crippen LogP contribution in [0.2, 0.25) is 5.02 Å². The maximum absolute atomic E-state index is 12.5. The highest BCUT2D eigenvalue weighted by molar-refractivity contribution is 9.10. The number of halogens is 2. The van der Waals surface area contributed by atoms with Gasteiger partial charge in [-0.2, -0.15) is 0 Å². The number of carbonyl (C=O) groups is 1. The van der Waals surface area contributed by atoms with Crippen molar-refractivity contribution < 1.29 is 4.79 Å². The van der Waals surface area contributed by atoms with Gasteiger partial charge in [0.05, 0.1) is 5.92 Å². The van der Waals surface area contributed by atoms with Crippen LogP contribution >= 0.6 is 27.5 Å². The fourth-order valence-corrected chi connectivity index (χ4v) is 3.52. The molecule has 1 fully saturated rings.